The molecule has 4 nitrogen and oxygen atoms in total. The van der Waals surface area contributed by atoms with E-state index in [2.05, 4.69) is 15.1 Å². The zero-order valence-corrected chi connectivity index (χ0v) is 6.75. The summed E-state index contributed by atoms with van der Waals surface area (Å²) in [5.41, 5.74) is 1.55. The minimum atomic E-state index is 0.344. The Balaban J connectivity index is 2.86. The molecule has 13 heavy (non-hydrogen) atoms. The molecule has 0 aliphatic carbocycles. The molecular weight excluding hydrogens is 166 g/mol. The van der Waals surface area contributed by atoms with Gasteiger partial charge in [0.05, 0.1) is 23.4 Å². The van der Waals surface area contributed by atoms with Crippen LogP contribution in [0.2, 0.25) is 0 Å². The second-order valence-corrected chi connectivity index (χ2v) is 2.53. The predicted octanol–water partition coefficient (Wildman–Crippen LogP) is 0.920. The van der Waals surface area contributed by atoms with Crippen LogP contribution in [0.3, 0.4) is 0 Å². The number of fused-ring (bicyclic) bond motifs is 1. The first-order valence-electron chi connectivity index (χ1n) is 3.79. The molecule has 0 unspecified atom stereocenters. The van der Waals surface area contributed by atoms with Crippen molar-refractivity contribution in [1.82, 2.24) is 9.97 Å². The van der Waals surface area contributed by atoms with Crippen molar-refractivity contribution >= 4 is 11.0 Å². The van der Waals surface area contributed by atoms with Crippen LogP contribution in [0.1, 0.15) is 0 Å². The van der Waals surface area contributed by atoms with Crippen LogP contribution in [0.15, 0.2) is 41.8 Å². The van der Waals surface area contributed by atoms with Gasteiger partial charge in [0.25, 0.3) is 0 Å². The van der Waals surface area contributed by atoms with E-state index in [1.165, 1.54) is 12.4 Å². The quantitative estimate of drug-likeness (QED) is 0.476. The molecule has 0 saturated heterocycles. The topological polar surface area (TPSA) is 58.4 Å². The number of benzene rings is 1. The Kier molecular flexibility index (Phi) is 1.88. The third kappa shape index (κ3) is 1.46. The molecule has 0 radical (unpaired) electrons. The summed E-state index contributed by atoms with van der Waals surface area (Å²) < 4.78 is 0. The average molecular weight is 173 g/mol. The Morgan fingerprint density at radius 3 is 2.00 bits per heavy atom. The average Bonchev–Trinajstić information content (AvgIpc) is 2.39. The lowest BCUT2D eigenvalue weighted by atomic mass is 10.3. The Hall–Kier alpha value is -1.97. The van der Waals surface area contributed by atoms with Crippen molar-refractivity contribution in [1.29, 1.82) is 0 Å². The summed E-state index contributed by atoms with van der Waals surface area (Å²) in [5.74, 6) is 0. The minimum Gasteiger partial charge on any atom is -0.410 e. The maximum absolute atomic E-state index is 8.50. The molecule has 0 spiro atoms. The van der Waals surface area contributed by atoms with E-state index in [1.54, 1.807) is 0 Å². The van der Waals surface area contributed by atoms with Crippen LogP contribution in [-0.4, -0.2) is 15.2 Å². The van der Waals surface area contributed by atoms with E-state index in [0.29, 0.717) is 5.36 Å². The molecule has 0 atom stereocenters. The van der Waals surface area contributed by atoms with Crippen LogP contribution in [0.4, 0.5) is 0 Å². The fourth-order valence-electron chi connectivity index (χ4n) is 1.04. The molecule has 0 fully saturated rings. The van der Waals surface area contributed by atoms with Crippen LogP contribution >= 0.6 is 0 Å². The number of nitrogens with zero attached hydrogens (tertiary/aromatic N) is 3. The third-order valence-corrected chi connectivity index (χ3v) is 1.67. The molecule has 2 rings (SSSR count). The molecular formula is C9H7N3O. The number of hydrogen-bond acceptors (Lipinski definition) is 4. The van der Waals surface area contributed by atoms with Crippen LogP contribution in [0, 0.1) is 0 Å². The summed E-state index contributed by atoms with van der Waals surface area (Å²) >= 11 is 0. The van der Waals surface area contributed by atoms with E-state index < -0.39 is 0 Å². The van der Waals surface area contributed by atoms with E-state index in [4.69, 9.17) is 5.21 Å². The van der Waals surface area contributed by atoms with Gasteiger partial charge in [-0.1, -0.05) is 17.3 Å². The molecule has 0 bridgehead atoms. The molecule has 1 aromatic carbocycles. The number of hydrogen-bond donors (Lipinski definition) is 1. The standard InChI is InChI=1S/C9H7N3O/c13-12-7-5-10-8-3-1-2-4-9(8)11-6-7/h1-6,13H. The van der Waals surface area contributed by atoms with Gasteiger partial charge in [-0.3, -0.25) is 9.97 Å². The lowest BCUT2D eigenvalue weighted by Crippen LogP contribution is -1.96. The Bertz CT molecular complexity index is 455. The van der Waals surface area contributed by atoms with Crippen molar-refractivity contribution in [3.8, 4) is 0 Å². The molecule has 0 saturated carbocycles. The summed E-state index contributed by atoms with van der Waals surface area (Å²) in [6.45, 7) is 0. The van der Waals surface area contributed by atoms with Gasteiger partial charge in [-0.2, -0.15) is 0 Å². The molecule has 0 amide bonds. The highest BCUT2D eigenvalue weighted by atomic mass is 16.4. The SMILES string of the molecule is ON=c1cnc2ccccc2nc1. The molecule has 4 heteroatoms. The van der Waals surface area contributed by atoms with E-state index >= 15 is 0 Å². The zero-order valence-electron chi connectivity index (χ0n) is 6.75. The fourth-order valence-corrected chi connectivity index (χ4v) is 1.04. The molecule has 1 heterocycles. The first kappa shape index (κ1) is 7.67. The van der Waals surface area contributed by atoms with Crippen molar-refractivity contribution in [2.24, 2.45) is 5.16 Å². The maximum atomic E-state index is 8.50. The highest BCUT2D eigenvalue weighted by Crippen LogP contribution is 2.03. The van der Waals surface area contributed by atoms with Gasteiger partial charge in [-0.15, -0.1) is 0 Å². The maximum Gasteiger partial charge on any atom is 0.139 e. The second-order valence-electron chi connectivity index (χ2n) is 2.53. The summed E-state index contributed by atoms with van der Waals surface area (Å²) in [6.07, 6.45) is 2.94. The molecule has 2 aromatic rings. The lowest BCUT2D eigenvalue weighted by Gasteiger charge is -1.85. The zero-order chi connectivity index (χ0) is 9.10. The predicted molar refractivity (Wildman–Crippen MR) is 46.9 cm³/mol. The van der Waals surface area contributed by atoms with Gasteiger partial charge in [0.1, 0.15) is 5.36 Å². The van der Waals surface area contributed by atoms with E-state index in [0.717, 1.165) is 11.0 Å². The van der Waals surface area contributed by atoms with Gasteiger partial charge in [0, 0.05) is 0 Å². The largest absolute Gasteiger partial charge is 0.410 e. The first-order chi connectivity index (χ1) is 6.40. The first-order valence-corrected chi connectivity index (χ1v) is 3.79. The van der Waals surface area contributed by atoms with Crippen molar-refractivity contribution < 1.29 is 5.21 Å². The summed E-state index contributed by atoms with van der Waals surface area (Å²) in [7, 11) is 0. The van der Waals surface area contributed by atoms with Gasteiger partial charge in [-0.05, 0) is 12.1 Å². The minimum absolute atomic E-state index is 0.344. The van der Waals surface area contributed by atoms with Crippen molar-refractivity contribution in [3.05, 3.63) is 42.0 Å². The van der Waals surface area contributed by atoms with Crippen LogP contribution in [-0.2, 0) is 0 Å². The molecule has 1 aromatic heterocycles. The van der Waals surface area contributed by atoms with Gasteiger partial charge < -0.3 is 5.21 Å². The second kappa shape index (κ2) is 3.18. The highest BCUT2D eigenvalue weighted by Gasteiger charge is 1.89. The summed E-state index contributed by atoms with van der Waals surface area (Å²) in [5, 5.41) is 11.9. The molecule has 0 aliphatic heterocycles. The number of rotatable bonds is 0. The number of aromatic nitrogens is 2. The van der Waals surface area contributed by atoms with E-state index in [-0.39, 0.29) is 0 Å². The van der Waals surface area contributed by atoms with Crippen molar-refractivity contribution in [3.63, 3.8) is 0 Å². The highest BCUT2D eigenvalue weighted by molar-refractivity contribution is 5.72. The Morgan fingerprint density at radius 2 is 1.54 bits per heavy atom. The smallest absolute Gasteiger partial charge is 0.139 e. The van der Waals surface area contributed by atoms with Gasteiger partial charge >= 0.3 is 0 Å². The Morgan fingerprint density at radius 1 is 1.00 bits per heavy atom. The normalized spacial score (nSPS) is 9.85. The van der Waals surface area contributed by atoms with Crippen LogP contribution < -0.4 is 5.36 Å². The summed E-state index contributed by atoms with van der Waals surface area (Å²) in [6, 6.07) is 7.46. The van der Waals surface area contributed by atoms with E-state index in [9.17, 15) is 0 Å². The van der Waals surface area contributed by atoms with Gasteiger partial charge in [-0.25, -0.2) is 0 Å². The van der Waals surface area contributed by atoms with Crippen molar-refractivity contribution in [2.45, 2.75) is 0 Å². The van der Waals surface area contributed by atoms with Crippen LogP contribution in [0.5, 0.6) is 0 Å². The summed E-state index contributed by atoms with van der Waals surface area (Å²) in [4.78, 5) is 8.20. The lowest BCUT2D eigenvalue weighted by molar-refractivity contribution is 0.301. The van der Waals surface area contributed by atoms with Gasteiger partial charge in [0.15, 0.2) is 0 Å². The Labute approximate surface area is 74.2 Å². The fraction of sp³-hybridized carbons (Fsp3) is 0. The van der Waals surface area contributed by atoms with E-state index in [1.807, 2.05) is 24.3 Å². The number of para-hydroxylation sites is 2. The third-order valence-electron chi connectivity index (χ3n) is 1.67. The van der Waals surface area contributed by atoms with Crippen molar-refractivity contribution in [2.75, 3.05) is 0 Å². The van der Waals surface area contributed by atoms with Crippen LogP contribution in [0.25, 0.3) is 11.0 Å². The molecule has 1 N–H and O–H groups in total. The molecule has 64 valence electrons. The monoisotopic (exact) mass is 173 g/mol. The van der Waals surface area contributed by atoms with Gasteiger partial charge in [0.2, 0.25) is 0 Å². The molecule has 0 aliphatic rings.